The average molecular weight is 388 g/mol. The molecule has 0 spiro atoms. The standard InChI is InChI=1S/C23H24N4O2/c1-14-10-18-20(12-23(2,3)13-21(18)28)27(14)16-4-5-17(22(24)29)19(11-16)26-15-6-8-25-9-7-15/h4-11H,12-13H2,1-3H3,(H2,24,29)(H,25,26). The molecule has 6 nitrogen and oxygen atoms in total. The number of primary amides is 1. The number of pyridine rings is 1. The van der Waals surface area contributed by atoms with Gasteiger partial charge in [-0.05, 0) is 55.2 Å². The molecule has 1 aliphatic rings. The van der Waals surface area contributed by atoms with Gasteiger partial charge in [0, 0.05) is 47.1 Å². The minimum atomic E-state index is -0.504. The Bertz CT molecular complexity index is 1110. The minimum Gasteiger partial charge on any atom is -0.366 e. The Balaban J connectivity index is 1.84. The van der Waals surface area contributed by atoms with Gasteiger partial charge >= 0.3 is 0 Å². The molecule has 0 fully saturated rings. The summed E-state index contributed by atoms with van der Waals surface area (Å²) >= 11 is 0. The third-order valence-corrected chi connectivity index (χ3v) is 5.36. The summed E-state index contributed by atoms with van der Waals surface area (Å²) in [6.07, 6.45) is 4.72. The number of aromatic nitrogens is 2. The van der Waals surface area contributed by atoms with Crippen molar-refractivity contribution in [3.05, 3.63) is 71.3 Å². The van der Waals surface area contributed by atoms with E-state index in [1.54, 1.807) is 18.5 Å². The number of carbonyl (C=O) groups excluding carboxylic acids is 2. The quantitative estimate of drug-likeness (QED) is 0.702. The molecule has 0 saturated heterocycles. The predicted molar refractivity (Wildman–Crippen MR) is 113 cm³/mol. The smallest absolute Gasteiger partial charge is 0.250 e. The van der Waals surface area contributed by atoms with E-state index in [-0.39, 0.29) is 11.2 Å². The fraction of sp³-hybridized carbons (Fsp3) is 0.261. The van der Waals surface area contributed by atoms with Gasteiger partial charge < -0.3 is 15.6 Å². The van der Waals surface area contributed by atoms with Crippen LogP contribution in [0.3, 0.4) is 0 Å². The number of anilines is 2. The van der Waals surface area contributed by atoms with E-state index in [0.717, 1.165) is 34.7 Å². The highest BCUT2D eigenvalue weighted by Gasteiger charge is 2.34. The monoisotopic (exact) mass is 388 g/mol. The number of hydrogen-bond donors (Lipinski definition) is 2. The highest BCUT2D eigenvalue weighted by molar-refractivity contribution is 6.00. The first kappa shape index (κ1) is 18.9. The molecule has 0 bridgehead atoms. The summed E-state index contributed by atoms with van der Waals surface area (Å²) in [5.41, 5.74) is 11.0. The molecule has 0 aliphatic heterocycles. The van der Waals surface area contributed by atoms with Crippen LogP contribution in [-0.4, -0.2) is 21.2 Å². The molecule has 0 radical (unpaired) electrons. The molecule has 1 amide bonds. The van der Waals surface area contributed by atoms with Crippen LogP contribution < -0.4 is 11.1 Å². The van der Waals surface area contributed by atoms with Crippen LogP contribution >= 0.6 is 0 Å². The van der Waals surface area contributed by atoms with Gasteiger partial charge in [-0.3, -0.25) is 14.6 Å². The molecule has 1 aliphatic carbocycles. The first-order chi connectivity index (χ1) is 13.7. The Hall–Kier alpha value is -3.41. The second kappa shape index (κ2) is 6.88. The molecular weight excluding hydrogens is 364 g/mol. The summed E-state index contributed by atoms with van der Waals surface area (Å²) in [6, 6.07) is 11.1. The van der Waals surface area contributed by atoms with Crippen molar-refractivity contribution >= 4 is 23.1 Å². The summed E-state index contributed by atoms with van der Waals surface area (Å²) in [5.74, 6) is -0.322. The lowest BCUT2D eigenvalue weighted by Gasteiger charge is -2.30. The summed E-state index contributed by atoms with van der Waals surface area (Å²) in [6.45, 7) is 6.23. The summed E-state index contributed by atoms with van der Waals surface area (Å²) in [5, 5.41) is 3.26. The average Bonchev–Trinajstić information content (AvgIpc) is 2.97. The summed E-state index contributed by atoms with van der Waals surface area (Å²) in [7, 11) is 0. The Kier molecular flexibility index (Phi) is 4.49. The van der Waals surface area contributed by atoms with Crippen LogP contribution in [0.25, 0.3) is 5.69 Å². The first-order valence-corrected chi connectivity index (χ1v) is 9.61. The zero-order valence-corrected chi connectivity index (χ0v) is 16.8. The van der Waals surface area contributed by atoms with Gasteiger partial charge in [-0.2, -0.15) is 0 Å². The molecular formula is C23H24N4O2. The van der Waals surface area contributed by atoms with Crippen molar-refractivity contribution < 1.29 is 9.59 Å². The van der Waals surface area contributed by atoms with E-state index in [0.29, 0.717) is 17.7 Å². The SMILES string of the molecule is Cc1cc2c(n1-c1ccc(C(N)=O)c(Nc3ccncc3)c1)CC(C)(C)CC2=O. The van der Waals surface area contributed by atoms with E-state index in [1.165, 1.54) is 0 Å². The zero-order valence-electron chi connectivity index (χ0n) is 16.8. The Morgan fingerprint density at radius 1 is 1.14 bits per heavy atom. The van der Waals surface area contributed by atoms with Crippen molar-refractivity contribution in [2.75, 3.05) is 5.32 Å². The fourth-order valence-corrected chi connectivity index (χ4v) is 4.09. The topological polar surface area (TPSA) is 90.0 Å². The zero-order chi connectivity index (χ0) is 20.8. The number of aryl methyl sites for hydroxylation is 1. The van der Waals surface area contributed by atoms with Crippen molar-refractivity contribution in [1.82, 2.24) is 9.55 Å². The van der Waals surface area contributed by atoms with Crippen molar-refractivity contribution in [2.24, 2.45) is 11.1 Å². The van der Waals surface area contributed by atoms with Crippen molar-refractivity contribution in [1.29, 1.82) is 0 Å². The van der Waals surface area contributed by atoms with Crippen molar-refractivity contribution in [3.8, 4) is 5.69 Å². The molecule has 6 heteroatoms. The van der Waals surface area contributed by atoms with Crippen LogP contribution in [0.2, 0.25) is 0 Å². The maximum absolute atomic E-state index is 12.7. The van der Waals surface area contributed by atoms with Gasteiger partial charge in [0.05, 0.1) is 11.3 Å². The van der Waals surface area contributed by atoms with Gasteiger partial charge in [-0.15, -0.1) is 0 Å². The van der Waals surface area contributed by atoms with Crippen molar-refractivity contribution in [2.45, 2.75) is 33.6 Å². The van der Waals surface area contributed by atoms with E-state index in [1.807, 2.05) is 37.3 Å². The van der Waals surface area contributed by atoms with Crippen LogP contribution in [0, 0.1) is 12.3 Å². The van der Waals surface area contributed by atoms with Crippen LogP contribution in [0.1, 0.15) is 52.4 Å². The van der Waals surface area contributed by atoms with Gasteiger partial charge in [-0.1, -0.05) is 13.8 Å². The number of nitrogens with one attached hydrogen (secondary N) is 1. The third-order valence-electron chi connectivity index (χ3n) is 5.36. The Morgan fingerprint density at radius 3 is 2.55 bits per heavy atom. The lowest BCUT2D eigenvalue weighted by molar-refractivity contribution is 0.0910. The Labute approximate surface area is 169 Å². The third kappa shape index (κ3) is 3.53. The Morgan fingerprint density at radius 2 is 1.86 bits per heavy atom. The molecule has 2 heterocycles. The van der Waals surface area contributed by atoms with Crippen LogP contribution in [0.15, 0.2) is 48.8 Å². The highest BCUT2D eigenvalue weighted by atomic mass is 16.1. The number of nitrogens with two attached hydrogens (primary N) is 1. The maximum atomic E-state index is 12.7. The van der Waals surface area contributed by atoms with Crippen LogP contribution in [0.4, 0.5) is 11.4 Å². The molecule has 0 atom stereocenters. The van der Waals surface area contributed by atoms with E-state index in [9.17, 15) is 9.59 Å². The molecule has 2 aromatic heterocycles. The van der Waals surface area contributed by atoms with Crippen molar-refractivity contribution in [3.63, 3.8) is 0 Å². The molecule has 0 saturated carbocycles. The number of amides is 1. The molecule has 1 aromatic carbocycles. The molecule has 4 rings (SSSR count). The number of Topliss-reactive ketones (excluding diaryl/α,β-unsaturated/α-hetero) is 1. The van der Waals surface area contributed by atoms with E-state index >= 15 is 0 Å². The number of ketones is 1. The number of fused-ring (bicyclic) bond motifs is 1. The summed E-state index contributed by atoms with van der Waals surface area (Å²) < 4.78 is 2.11. The van der Waals surface area contributed by atoms with Crippen LogP contribution in [-0.2, 0) is 6.42 Å². The number of benzene rings is 1. The van der Waals surface area contributed by atoms with Gasteiger partial charge in [0.15, 0.2) is 5.78 Å². The molecule has 0 unspecified atom stereocenters. The fourth-order valence-electron chi connectivity index (χ4n) is 4.09. The van der Waals surface area contributed by atoms with Crippen LogP contribution in [0.5, 0.6) is 0 Å². The van der Waals surface area contributed by atoms with Gasteiger partial charge in [0.2, 0.25) is 0 Å². The molecule has 3 N–H and O–H groups in total. The normalized spacial score (nSPS) is 15.1. The number of hydrogen-bond acceptors (Lipinski definition) is 4. The number of nitrogens with zero attached hydrogens (tertiary/aromatic N) is 2. The van der Waals surface area contributed by atoms with Gasteiger partial charge in [0.1, 0.15) is 0 Å². The van der Waals surface area contributed by atoms with Gasteiger partial charge in [-0.25, -0.2) is 0 Å². The first-order valence-electron chi connectivity index (χ1n) is 9.61. The highest BCUT2D eigenvalue weighted by Crippen LogP contribution is 2.38. The number of carbonyl (C=O) groups is 2. The molecule has 29 heavy (non-hydrogen) atoms. The maximum Gasteiger partial charge on any atom is 0.250 e. The summed E-state index contributed by atoms with van der Waals surface area (Å²) in [4.78, 5) is 28.6. The molecule has 3 aromatic rings. The lowest BCUT2D eigenvalue weighted by atomic mass is 9.76. The molecule has 148 valence electrons. The minimum absolute atomic E-state index is 0.0854. The van der Waals surface area contributed by atoms with E-state index in [4.69, 9.17) is 5.73 Å². The predicted octanol–water partition coefficient (Wildman–Crippen LogP) is 4.18. The van der Waals surface area contributed by atoms with E-state index < -0.39 is 5.91 Å². The second-order valence-electron chi connectivity index (χ2n) is 8.38. The van der Waals surface area contributed by atoms with E-state index in [2.05, 4.69) is 28.7 Å². The lowest BCUT2D eigenvalue weighted by Crippen LogP contribution is -2.27. The number of rotatable bonds is 4. The van der Waals surface area contributed by atoms with Gasteiger partial charge in [0.25, 0.3) is 5.91 Å². The largest absolute Gasteiger partial charge is 0.366 e. The second-order valence-corrected chi connectivity index (χ2v) is 8.38.